The van der Waals surface area contributed by atoms with E-state index in [1.807, 2.05) is 83.1 Å². The molecule has 0 fully saturated rings. The summed E-state index contributed by atoms with van der Waals surface area (Å²) in [7, 11) is 0. The van der Waals surface area contributed by atoms with Gasteiger partial charge in [0, 0.05) is 18.4 Å². The molecule has 0 aliphatic carbocycles. The van der Waals surface area contributed by atoms with Crippen LogP contribution in [0.15, 0.2) is 48.5 Å². The molecule has 0 spiro atoms. The summed E-state index contributed by atoms with van der Waals surface area (Å²) in [5.74, 6) is -2.50. The minimum Gasteiger partial charge on any atom is -0.458 e. The zero-order valence-corrected chi connectivity index (χ0v) is 31.1. The molecule has 11 nitrogen and oxygen atoms in total. The number of carbonyl (C=O) groups is 5. The molecular weight excluding hydrogens is 624 g/mol. The van der Waals surface area contributed by atoms with Crippen molar-refractivity contribution in [1.82, 2.24) is 15.5 Å². The molecule has 3 atom stereocenters. The summed E-state index contributed by atoms with van der Waals surface area (Å²) in [6, 6.07) is 11.2. The van der Waals surface area contributed by atoms with Gasteiger partial charge in [0.2, 0.25) is 17.7 Å². The minimum atomic E-state index is -1.27. The van der Waals surface area contributed by atoms with Crippen LogP contribution in [0.2, 0.25) is 0 Å². The first-order chi connectivity index (χ1) is 22.6. The van der Waals surface area contributed by atoms with E-state index in [4.69, 9.17) is 15.2 Å². The van der Waals surface area contributed by atoms with Gasteiger partial charge in [-0.3, -0.25) is 14.4 Å². The number of aryl methyl sites for hydroxylation is 2. The molecule has 0 heterocycles. The highest BCUT2D eigenvalue weighted by Crippen LogP contribution is 2.36. The molecule has 49 heavy (non-hydrogen) atoms. The molecule has 0 aliphatic heterocycles. The Bertz CT molecular complexity index is 1450. The summed E-state index contributed by atoms with van der Waals surface area (Å²) < 4.78 is 11.2. The Balaban J connectivity index is 2.78. The largest absolute Gasteiger partial charge is 0.458 e. The van der Waals surface area contributed by atoms with E-state index >= 15 is 0 Å². The molecule has 0 aromatic heterocycles. The highest BCUT2D eigenvalue weighted by atomic mass is 16.6. The van der Waals surface area contributed by atoms with Gasteiger partial charge in [-0.1, -0.05) is 55.5 Å². The third-order valence-corrected chi connectivity index (χ3v) is 8.04. The Kier molecular flexibility index (Phi) is 14.0. The number of nitrogens with two attached hydrogens (primary N) is 1. The first kappa shape index (κ1) is 40.8. The number of rotatable bonds is 14. The lowest BCUT2D eigenvalue weighted by molar-refractivity contribution is -0.159. The topological polar surface area (TPSA) is 157 Å². The van der Waals surface area contributed by atoms with Gasteiger partial charge < -0.3 is 30.7 Å². The smallest absolute Gasteiger partial charge is 0.408 e. The molecule has 4 amide bonds. The summed E-state index contributed by atoms with van der Waals surface area (Å²) in [4.78, 5) is 69.6. The fourth-order valence-electron chi connectivity index (χ4n) is 5.41. The van der Waals surface area contributed by atoms with Crippen LogP contribution in [0.5, 0.6) is 0 Å². The van der Waals surface area contributed by atoms with Gasteiger partial charge in [-0.2, -0.15) is 0 Å². The van der Waals surface area contributed by atoms with Crippen molar-refractivity contribution < 1.29 is 33.4 Å². The Labute approximate surface area is 291 Å². The van der Waals surface area contributed by atoms with E-state index in [1.54, 1.807) is 41.5 Å². The van der Waals surface area contributed by atoms with Crippen molar-refractivity contribution in [3.63, 3.8) is 0 Å². The van der Waals surface area contributed by atoms with Crippen LogP contribution in [0.4, 0.5) is 4.79 Å². The Morgan fingerprint density at radius 1 is 0.776 bits per heavy atom. The maximum Gasteiger partial charge on any atom is 0.408 e. The van der Waals surface area contributed by atoms with Gasteiger partial charge >= 0.3 is 12.1 Å². The van der Waals surface area contributed by atoms with Gasteiger partial charge in [0.15, 0.2) is 0 Å². The lowest BCUT2D eigenvalue weighted by Gasteiger charge is -2.45. The Morgan fingerprint density at radius 3 is 1.82 bits per heavy atom. The van der Waals surface area contributed by atoms with Crippen molar-refractivity contribution in [3.05, 3.63) is 70.8 Å². The second kappa shape index (κ2) is 16.8. The fourth-order valence-corrected chi connectivity index (χ4v) is 5.41. The van der Waals surface area contributed by atoms with Gasteiger partial charge in [0.05, 0.1) is 0 Å². The van der Waals surface area contributed by atoms with Crippen molar-refractivity contribution in [3.8, 4) is 0 Å². The number of nitrogens with zero attached hydrogens (tertiary/aromatic N) is 1. The molecule has 0 saturated heterocycles. The zero-order valence-electron chi connectivity index (χ0n) is 31.1. The number of esters is 1. The van der Waals surface area contributed by atoms with E-state index < -0.39 is 64.7 Å². The number of hydrogen-bond acceptors (Lipinski definition) is 7. The van der Waals surface area contributed by atoms with Crippen molar-refractivity contribution in [2.24, 2.45) is 5.73 Å². The third-order valence-electron chi connectivity index (χ3n) is 8.04. The van der Waals surface area contributed by atoms with Crippen molar-refractivity contribution in [2.75, 3.05) is 0 Å². The van der Waals surface area contributed by atoms with Crippen molar-refractivity contribution >= 4 is 29.8 Å². The summed E-state index contributed by atoms with van der Waals surface area (Å²) in [5, 5.41) is 5.57. The lowest BCUT2D eigenvalue weighted by Crippen LogP contribution is -2.60. The molecule has 3 unspecified atom stereocenters. The fraction of sp³-hybridized carbons (Fsp3) is 0.553. The Morgan fingerprint density at radius 2 is 1.33 bits per heavy atom. The Hall–Kier alpha value is -4.41. The van der Waals surface area contributed by atoms with E-state index in [2.05, 4.69) is 10.6 Å². The van der Waals surface area contributed by atoms with Crippen LogP contribution in [-0.4, -0.2) is 63.5 Å². The molecule has 0 saturated carbocycles. The SMILES string of the molecule is CCC(C)(C)N(C(=O)C(CCC(N)=O)NC(=O)OC(C)(C)C)C(C(=O)NC(Cc1ccccc1)C(=O)OC(C)(C)C)c1c(C)cccc1C. The number of primary amides is 1. The summed E-state index contributed by atoms with van der Waals surface area (Å²) in [6.07, 6.45) is -0.620. The number of benzene rings is 2. The van der Waals surface area contributed by atoms with Gasteiger partial charge in [-0.15, -0.1) is 0 Å². The van der Waals surface area contributed by atoms with Gasteiger partial charge in [0.25, 0.3) is 0 Å². The quantitative estimate of drug-likeness (QED) is 0.220. The predicted molar refractivity (Wildman–Crippen MR) is 189 cm³/mol. The highest BCUT2D eigenvalue weighted by molar-refractivity contribution is 5.95. The molecule has 2 aromatic carbocycles. The summed E-state index contributed by atoms with van der Waals surface area (Å²) in [5.41, 5.74) is 5.69. The van der Waals surface area contributed by atoms with Crippen LogP contribution >= 0.6 is 0 Å². The third kappa shape index (κ3) is 12.5. The van der Waals surface area contributed by atoms with E-state index in [9.17, 15) is 24.0 Å². The summed E-state index contributed by atoms with van der Waals surface area (Å²) in [6.45, 7) is 19.6. The average molecular weight is 681 g/mol. The highest BCUT2D eigenvalue weighted by Gasteiger charge is 2.45. The molecule has 4 N–H and O–H groups in total. The van der Waals surface area contributed by atoms with E-state index in [-0.39, 0.29) is 19.3 Å². The first-order valence-corrected chi connectivity index (χ1v) is 16.8. The molecule has 0 aliphatic rings. The number of amides is 4. The van der Waals surface area contributed by atoms with Crippen LogP contribution < -0.4 is 16.4 Å². The second-order valence-corrected chi connectivity index (χ2v) is 15.1. The number of ether oxygens (including phenoxy) is 2. The number of nitrogens with one attached hydrogen (secondary N) is 2. The van der Waals surface area contributed by atoms with E-state index in [0.29, 0.717) is 12.0 Å². The van der Waals surface area contributed by atoms with E-state index in [1.165, 1.54) is 4.90 Å². The minimum absolute atomic E-state index is 0.126. The first-order valence-electron chi connectivity index (χ1n) is 16.8. The van der Waals surface area contributed by atoms with E-state index in [0.717, 1.165) is 16.7 Å². The van der Waals surface area contributed by atoms with Crippen LogP contribution in [0.3, 0.4) is 0 Å². The molecular formula is C38H56N4O7. The monoisotopic (exact) mass is 680 g/mol. The van der Waals surface area contributed by atoms with Gasteiger partial charge in [0.1, 0.15) is 29.3 Å². The molecule has 2 aromatic rings. The van der Waals surface area contributed by atoms with Gasteiger partial charge in [-0.05, 0) is 104 Å². The van der Waals surface area contributed by atoms with Crippen LogP contribution in [0.1, 0.15) is 110 Å². The molecule has 11 heteroatoms. The average Bonchev–Trinajstić information content (AvgIpc) is 2.96. The maximum absolute atomic E-state index is 14.8. The van der Waals surface area contributed by atoms with Crippen molar-refractivity contribution in [1.29, 1.82) is 0 Å². The molecule has 0 bridgehead atoms. The lowest BCUT2D eigenvalue weighted by atomic mass is 9.88. The van der Waals surface area contributed by atoms with Crippen LogP contribution in [-0.2, 0) is 35.1 Å². The number of hydrogen-bond donors (Lipinski definition) is 3. The molecule has 0 radical (unpaired) electrons. The predicted octanol–water partition coefficient (Wildman–Crippen LogP) is 5.59. The summed E-state index contributed by atoms with van der Waals surface area (Å²) >= 11 is 0. The number of carbonyl (C=O) groups excluding carboxylic acids is 5. The van der Waals surface area contributed by atoms with Crippen LogP contribution in [0, 0.1) is 13.8 Å². The van der Waals surface area contributed by atoms with Crippen LogP contribution in [0.25, 0.3) is 0 Å². The second-order valence-electron chi connectivity index (χ2n) is 15.1. The standard InChI is InChI=1S/C38H56N4O7/c1-12-38(10,11)42(33(45)27(21-22-29(39)43)41-35(47)49-37(7,8)9)31(30-24(2)17-16-18-25(30)3)32(44)40-28(34(46)48-36(4,5)6)23-26-19-14-13-15-20-26/h13-20,27-28,31H,12,21-23H2,1-11H3,(H2,39,43)(H,40,44)(H,41,47). The molecule has 2 rings (SSSR count). The normalized spacial score (nSPS) is 13.8. The van der Waals surface area contributed by atoms with Crippen molar-refractivity contribution in [2.45, 2.75) is 137 Å². The molecule has 270 valence electrons. The zero-order chi connectivity index (χ0) is 37.3. The maximum atomic E-state index is 14.8. The number of alkyl carbamates (subject to hydrolysis) is 1. The van der Waals surface area contributed by atoms with Gasteiger partial charge in [-0.25, -0.2) is 9.59 Å².